The highest BCUT2D eigenvalue weighted by Gasteiger charge is 2.15. The van der Waals surface area contributed by atoms with Crippen molar-refractivity contribution in [1.29, 1.82) is 0 Å². The summed E-state index contributed by atoms with van der Waals surface area (Å²) in [6.45, 7) is 1.13. The molecule has 1 heterocycles. The van der Waals surface area contributed by atoms with Crippen LogP contribution in [0.15, 0.2) is 64.3 Å². The zero-order valence-corrected chi connectivity index (χ0v) is 20.6. The zero-order chi connectivity index (χ0) is 26.7. The van der Waals surface area contributed by atoms with Crippen molar-refractivity contribution in [2.75, 3.05) is 39.6 Å². The second kappa shape index (κ2) is 14.1. The second-order valence-electron chi connectivity index (χ2n) is 7.63. The number of aliphatic carboxylic acids is 2. The van der Waals surface area contributed by atoms with E-state index in [-0.39, 0.29) is 12.2 Å². The fourth-order valence-corrected chi connectivity index (χ4v) is 4.16. The maximum Gasteiger partial charge on any atom is 0.414 e. The lowest BCUT2D eigenvalue weighted by molar-refractivity contribution is -0.159. The lowest BCUT2D eigenvalue weighted by atomic mass is 10.2. The molecule has 2 aromatic carbocycles. The number of likely N-dealkylation sites (N-methyl/N-ethyl adjacent to an activating group) is 1. The van der Waals surface area contributed by atoms with Gasteiger partial charge in [0.15, 0.2) is 4.90 Å². The van der Waals surface area contributed by atoms with Crippen LogP contribution >= 0.6 is 0 Å². The molecule has 194 valence electrons. The minimum atomic E-state index is -1.82. The number of benzene rings is 2. The highest BCUT2D eigenvalue weighted by atomic mass is 32.2. The van der Waals surface area contributed by atoms with E-state index < -0.39 is 29.2 Å². The maximum absolute atomic E-state index is 12.4. The van der Waals surface area contributed by atoms with Gasteiger partial charge >= 0.3 is 11.9 Å². The predicted molar refractivity (Wildman–Crippen MR) is 133 cm³/mol. The summed E-state index contributed by atoms with van der Waals surface area (Å²) >= 11 is -1.11. The quantitative estimate of drug-likeness (QED) is 0.224. The van der Waals surface area contributed by atoms with Crippen molar-refractivity contribution in [3.8, 4) is 11.5 Å². The SMILES string of the molecule is COc1ccc([S+]([O-])CCN(C)CC(O)COc2ccc3[nH]c(=O)ccc3c2)cc1.O=C(O)C(=O)O. The molecule has 0 aliphatic rings. The van der Waals surface area contributed by atoms with E-state index in [4.69, 9.17) is 29.3 Å². The number of carboxylic acids is 2. The molecule has 3 rings (SSSR count). The Hall–Kier alpha value is -3.58. The van der Waals surface area contributed by atoms with Gasteiger partial charge in [0.2, 0.25) is 5.56 Å². The third-order valence-electron chi connectivity index (χ3n) is 4.82. The van der Waals surface area contributed by atoms with Crippen molar-refractivity contribution in [1.82, 2.24) is 9.88 Å². The topological polar surface area (TPSA) is 172 Å². The Morgan fingerprint density at radius 2 is 1.69 bits per heavy atom. The zero-order valence-electron chi connectivity index (χ0n) is 19.7. The minimum absolute atomic E-state index is 0.140. The first-order valence-electron chi connectivity index (χ1n) is 10.7. The predicted octanol–water partition coefficient (Wildman–Crippen LogP) is 1.17. The first-order valence-corrected chi connectivity index (χ1v) is 12.0. The van der Waals surface area contributed by atoms with Crippen molar-refractivity contribution in [3.63, 3.8) is 0 Å². The van der Waals surface area contributed by atoms with Crippen LogP contribution in [0.2, 0.25) is 0 Å². The molecule has 0 spiro atoms. The summed E-state index contributed by atoms with van der Waals surface area (Å²) in [5.74, 6) is -1.82. The molecule has 1 aromatic heterocycles. The molecule has 3 aromatic rings. The van der Waals surface area contributed by atoms with Gasteiger partial charge < -0.3 is 34.3 Å². The third kappa shape index (κ3) is 9.58. The molecule has 4 N–H and O–H groups in total. The molecule has 36 heavy (non-hydrogen) atoms. The van der Waals surface area contributed by atoms with E-state index in [1.165, 1.54) is 6.07 Å². The number of nitrogens with one attached hydrogen (secondary N) is 1. The van der Waals surface area contributed by atoms with E-state index in [0.717, 1.165) is 21.5 Å². The number of aliphatic hydroxyl groups is 1. The molecular weight excluding hydrogens is 492 g/mol. The van der Waals surface area contributed by atoms with Crippen LogP contribution in [-0.2, 0) is 20.8 Å². The van der Waals surface area contributed by atoms with Gasteiger partial charge in [-0.2, -0.15) is 0 Å². The Labute approximate surface area is 210 Å². The summed E-state index contributed by atoms with van der Waals surface area (Å²) in [5.41, 5.74) is 0.586. The fraction of sp³-hybridized carbons (Fsp3) is 0.292. The number of carbonyl (C=O) groups is 2. The molecule has 0 saturated heterocycles. The number of pyridine rings is 1. The normalized spacial score (nSPS) is 12.4. The highest BCUT2D eigenvalue weighted by Crippen LogP contribution is 2.19. The number of aromatic nitrogens is 1. The van der Waals surface area contributed by atoms with Crippen LogP contribution in [0.3, 0.4) is 0 Å². The van der Waals surface area contributed by atoms with Crippen molar-refractivity contribution in [3.05, 3.63) is 65.0 Å². The lowest BCUT2D eigenvalue weighted by Crippen LogP contribution is -2.35. The molecule has 0 radical (unpaired) electrons. The number of methoxy groups -OCH3 is 1. The van der Waals surface area contributed by atoms with Gasteiger partial charge in [-0.1, -0.05) is 0 Å². The fourth-order valence-electron chi connectivity index (χ4n) is 3.00. The van der Waals surface area contributed by atoms with Gasteiger partial charge in [-0.15, -0.1) is 0 Å². The maximum atomic E-state index is 12.4. The summed E-state index contributed by atoms with van der Waals surface area (Å²) in [4.78, 5) is 35.0. The van der Waals surface area contributed by atoms with Crippen LogP contribution in [0.4, 0.5) is 0 Å². The molecule has 2 atom stereocenters. The monoisotopic (exact) mass is 520 g/mol. The van der Waals surface area contributed by atoms with Gasteiger partial charge in [0.25, 0.3) is 0 Å². The van der Waals surface area contributed by atoms with Crippen LogP contribution in [0, 0.1) is 0 Å². The van der Waals surface area contributed by atoms with E-state index in [1.54, 1.807) is 49.6 Å². The van der Waals surface area contributed by atoms with Crippen molar-refractivity contribution < 1.29 is 38.9 Å². The molecule has 0 aliphatic heterocycles. The van der Waals surface area contributed by atoms with Crippen LogP contribution < -0.4 is 15.0 Å². The summed E-state index contributed by atoms with van der Waals surface area (Å²) in [7, 11) is 3.47. The number of carboxylic acid groups (broad SMARTS) is 2. The Kier molecular flexibility index (Phi) is 11.2. The smallest absolute Gasteiger partial charge is 0.414 e. The summed E-state index contributed by atoms with van der Waals surface area (Å²) < 4.78 is 23.2. The van der Waals surface area contributed by atoms with Crippen LogP contribution in [-0.4, -0.2) is 87.4 Å². The molecule has 0 aliphatic carbocycles. The van der Waals surface area contributed by atoms with Gasteiger partial charge in [0, 0.05) is 30.1 Å². The van der Waals surface area contributed by atoms with Crippen LogP contribution in [0.1, 0.15) is 0 Å². The Morgan fingerprint density at radius 3 is 2.31 bits per heavy atom. The van der Waals surface area contributed by atoms with Crippen LogP contribution in [0.25, 0.3) is 10.9 Å². The third-order valence-corrected chi connectivity index (χ3v) is 6.17. The largest absolute Gasteiger partial charge is 0.611 e. The number of aromatic amines is 1. The van der Waals surface area contributed by atoms with Crippen LogP contribution in [0.5, 0.6) is 11.5 Å². The van der Waals surface area contributed by atoms with Gasteiger partial charge in [-0.3, -0.25) is 9.69 Å². The van der Waals surface area contributed by atoms with Gasteiger partial charge in [0.05, 0.1) is 7.11 Å². The Balaban J connectivity index is 0.000000678. The number of rotatable bonds is 10. The molecule has 2 unspecified atom stereocenters. The second-order valence-corrected chi connectivity index (χ2v) is 9.20. The Bertz CT molecular complexity index is 1190. The molecule has 0 bridgehead atoms. The summed E-state index contributed by atoms with van der Waals surface area (Å²) in [6.07, 6.45) is -0.685. The van der Waals surface area contributed by atoms with E-state index in [1.807, 2.05) is 18.0 Å². The lowest BCUT2D eigenvalue weighted by Gasteiger charge is -2.21. The average molecular weight is 521 g/mol. The number of H-pyrrole nitrogens is 1. The molecular formula is C24H28N2O9S. The standard InChI is InChI=1S/C22H26N2O5S.C2H2O4/c1-24(11-12-30(27)20-7-4-18(28-2)5-8-20)14-17(25)15-29-19-6-9-21-16(13-19)3-10-22(26)23-21;3-1(4)2(5)6/h3-10,13,17,25H,11-12,14-15H2,1-2H3,(H,23,26);(H,3,4)(H,5,6). The molecule has 0 amide bonds. The van der Waals surface area contributed by atoms with E-state index in [9.17, 15) is 14.5 Å². The molecule has 11 nitrogen and oxygen atoms in total. The van der Waals surface area contributed by atoms with Crippen molar-refractivity contribution >= 4 is 34.0 Å². The summed E-state index contributed by atoms with van der Waals surface area (Å²) in [5, 5.41) is 25.9. The summed E-state index contributed by atoms with van der Waals surface area (Å²) in [6, 6.07) is 15.7. The van der Waals surface area contributed by atoms with Crippen molar-refractivity contribution in [2.45, 2.75) is 11.0 Å². The van der Waals surface area contributed by atoms with E-state index in [0.29, 0.717) is 24.6 Å². The number of aliphatic hydroxyl groups excluding tert-OH is 1. The van der Waals surface area contributed by atoms with E-state index >= 15 is 0 Å². The van der Waals surface area contributed by atoms with E-state index in [2.05, 4.69) is 4.98 Å². The van der Waals surface area contributed by atoms with Gasteiger partial charge in [0.1, 0.15) is 30.0 Å². The number of nitrogens with zero attached hydrogens (tertiary/aromatic N) is 1. The number of fused-ring (bicyclic) bond motifs is 1. The Morgan fingerprint density at radius 1 is 1.06 bits per heavy atom. The first kappa shape index (κ1) is 28.7. The molecule has 0 fully saturated rings. The number of ether oxygens (including phenoxy) is 2. The highest BCUT2D eigenvalue weighted by molar-refractivity contribution is 7.91. The molecule has 12 heteroatoms. The number of hydrogen-bond acceptors (Lipinski definition) is 8. The van der Waals surface area contributed by atoms with Crippen molar-refractivity contribution in [2.24, 2.45) is 0 Å². The number of hydrogen-bond donors (Lipinski definition) is 4. The van der Waals surface area contributed by atoms with Gasteiger partial charge in [-0.05, 0) is 66.8 Å². The molecule has 0 saturated carbocycles. The average Bonchev–Trinajstić information content (AvgIpc) is 2.86. The van der Waals surface area contributed by atoms with Gasteiger partial charge in [-0.25, -0.2) is 9.59 Å². The first-order chi connectivity index (χ1) is 17.1. The minimum Gasteiger partial charge on any atom is -0.611 e.